The lowest BCUT2D eigenvalue weighted by Gasteiger charge is -2.13. The average molecular weight is 1040 g/mol. The van der Waals surface area contributed by atoms with Crippen LogP contribution in [0, 0.1) is 17.8 Å². The molecule has 414 valence electrons. The van der Waals surface area contributed by atoms with Gasteiger partial charge in [0.25, 0.3) is 0 Å². The van der Waals surface area contributed by atoms with Gasteiger partial charge in [0.2, 0.25) is 0 Å². The van der Waals surface area contributed by atoms with Crippen molar-refractivity contribution in [2.75, 3.05) is 18.6 Å². The van der Waals surface area contributed by atoms with Gasteiger partial charge in [0.1, 0.15) is 40.7 Å². The van der Waals surface area contributed by atoms with Crippen LogP contribution in [0.5, 0.6) is 0 Å². The minimum absolute atomic E-state index is 0.00352. The number of nitrogens with one attached hydrogen (secondary N) is 1. The molecule has 9 unspecified atom stereocenters. The number of nitrogens with two attached hydrogens (primary N) is 7. The predicted molar refractivity (Wildman–Crippen MR) is 297 cm³/mol. The number of hydrogen-bond donors (Lipinski definition) is 9. The average Bonchev–Trinajstić information content (AvgIpc) is 3.87. The van der Waals surface area contributed by atoms with Crippen molar-refractivity contribution in [3.05, 3.63) is 71.8 Å². The summed E-state index contributed by atoms with van der Waals surface area (Å²) in [5, 5.41) is 11.4. The second-order valence-electron chi connectivity index (χ2n) is 18.5. The Bertz CT molecular complexity index is 1770. The smallest absolute Gasteiger partial charge is 0.320 e. The molecule has 1 aliphatic heterocycles. The molecule has 1 fully saturated rings. The normalized spacial score (nSPS) is 15.4. The Morgan fingerprint density at radius 2 is 1.07 bits per heavy atom. The van der Waals surface area contributed by atoms with Gasteiger partial charge in [-0.3, -0.25) is 38.4 Å². The molecular formula is C54H98N8O9S. The van der Waals surface area contributed by atoms with Gasteiger partial charge in [-0.15, -0.1) is 0 Å². The molecule has 1 aliphatic rings. The number of carboxylic acids is 1. The van der Waals surface area contributed by atoms with Crippen LogP contribution in [0.3, 0.4) is 0 Å². The van der Waals surface area contributed by atoms with Crippen LogP contribution in [-0.4, -0.2) is 112 Å². The fourth-order valence-corrected chi connectivity index (χ4v) is 5.59. The first-order chi connectivity index (χ1) is 33.2. The molecule has 17 nitrogen and oxygen atoms in total. The summed E-state index contributed by atoms with van der Waals surface area (Å²) in [7, 11) is 0. The Balaban J connectivity index is -0.000000239. The number of carbonyl (C=O) groups is 8. The van der Waals surface area contributed by atoms with E-state index in [2.05, 4.69) is 19.2 Å². The van der Waals surface area contributed by atoms with Crippen LogP contribution in [0.25, 0.3) is 0 Å². The van der Waals surface area contributed by atoms with Crippen LogP contribution in [-0.2, 0) is 44.8 Å². The van der Waals surface area contributed by atoms with Gasteiger partial charge in [-0.25, -0.2) is 0 Å². The van der Waals surface area contributed by atoms with Crippen molar-refractivity contribution >= 4 is 58.2 Å². The predicted octanol–water partition coefficient (Wildman–Crippen LogP) is 5.28. The second kappa shape index (κ2) is 46.4. The van der Waals surface area contributed by atoms with Crippen LogP contribution in [0.2, 0.25) is 0 Å². The number of carboxylic acid groups (broad SMARTS) is 1. The Kier molecular flexibility index (Phi) is 49.3. The van der Waals surface area contributed by atoms with E-state index in [1.807, 2.05) is 94.6 Å². The lowest BCUT2D eigenvalue weighted by Crippen LogP contribution is -2.34. The minimum atomic E-state index is -0.913. The summed E-state index contributed by atoms with van der Waals surface area (Å²) in [4.78, 5) is 83.9. The van der Waals surface area contributed by atoms with Crippen LogP contribution in [0.15, 0.2) is 60.7 Å². The van der Waals surface area contributed by atoms with Gasteiger partial charge in [-0.05, 0) is 135 Å². The van der Waals surface area contributed by atoms with Gasteiger partial charge in [-0.2, -0.15) is 11.8 Å². The molecule has 0 saturated carbocycles. The summed E-state index contributed by atoms with van der Waals surface area (Å²) in [5.41, 5.74) is 39.8. The molecule has 1 saturated heterocycles. The number of Topliss-reactive ketones (excluding diaryl/α,β-unsaturated/α-hetero) is 7. The molecule has 0 amide bonds. The summed E-state index contributed by atoms with van der Waals surface area (Å²) < 4.78 is 0. The lowest BCUT2D eigenvalue weighted by atomic mass is 9.97. The fourth-order valence-electron chi connectivity index (χ4n) is 5.10. The number of rotatable bonds is 19. The van der Waals surface area contributed by atoms with Crippen molar-refractivity contribution in [3.63, 3.8) is 0 Å². The van der Waals surface area contributed by atoms with E-state index >= 15 is 0 Å². The van der Waals surface area contributed by atoms with E-state index in [9.17, 15) is 38.4 Å². The first kappa shape index (κ1) is 76.5. The van der Waals surface area contributed by atoms with Crippen molar-refractivity contribution in [1.82, 2.24) is 5.32 Å². The van der Waals surface area contributed by atoms with Gasteiger partial charge in [-0.1, -0.05) is 109 Å². The Morgan fingerprint density at radius 3 is 1.31 bits per heavy atom. The second-order valence-corrected chi connectivity index (χ2v) is 19.5. The van der Waals surface area contributed by atoms with Crippen molar-refractivity contribution < 1.29 is 43.5 Å². The maximum atomic E-state index is 10.8. The highest BCUT2D eigenvalue weighted by Gasteiger charge is 2.17. The Labute approximate surface area is 437 Å². The van der Waals surface area contributed by atoms with Gasteiger partial charge in [0, 0.05) is 0 Å². The molecule has 72 heavy (non-hydrogen) atoms. The lowest BCUT2D eigenvalue weighted by molar-refractivity contribution is -0.138. The number of benzene rings is 2. The molecule has 0 spiro atoms. The largest absolute Gasteiger partial charge is 0.480 e. The zero-order valence-corrected chi connectivity index (χ0v) is 47.3. The molecule has 18 heteroatoms. The molecule has 9 atom stereocenters. The molecule has 0 aliphatic carbocycles. The summed E-state index contributed by atoms with van der Waals surface area (Å²) in [5.74, 6) is 1.61. The number of ketones is 7. The van der Waals surface area contributed by atoms with Gasteiger partial charge in [0.05, 0.1) is 42.3 Å². The summed E-state index contributed by atoms with van der Waals surface area (Å²) in [6.45, 7) is 25.4. The molecule has 0 aromatic heterocycles. The SMILES string of the molecule is CC(=O)C(C)N.CC(=O)C(N)C(C)C.CC(=O)C(N)CC(C)C.CC(=O)C(N)Cc1ccccc1.CC(=O)C(N)c1ccccc1.CC(=O)C1CCCN1.CCC(C)C(N)C(C)=O.CSCCC(N)C(=O)O. The molecule has 2 aromatic carbocycles. The highest BCUT2D eigenvalue weighted by molar-refractivity contribution is 7.98. The van der Waals surface area contributed by atoms with E-state index in [1.54, 1.807) is 25.6 Å². The molecule has 2 aromatic rings. The topological polar surface area (TPSA) is 351 Å². The number of thioether (sulfide) groups is 1. The van der Waals surface area contributed by atoms with Crippen LogP contribution < -0.4 is 45.5 Å². The maximum absolute atomic E-state index is 10.8. The third-order valence-corrected chi connectivity index (χ3v) is 11.4. The van der Waals surface area contributed by atoms with E-state index in [0.29, 0.717) is 24.7 Å². The van der Waals surface area contributed by atoms with Crippen molar-refractivity contribution in [2.24, 2.45) is 57.9 Å². The number of aliphatic carboxylic acids is 1. The Morgan fingerprint density at radius 1 is 0.625 bits per heavy atom. The third-order valence-electron chi connectivity index (χ3n) is 10.7. The minimum Gasteiger partial charge on any atom is -0.480 e. The van der Waals surface area contributed by atoms with Crippen molar-refractivity contribution in [3.8, 4) is 0 Å². The summed E-state index contributed by atoms with van der Waals surface area (Å²) >= 11 is 1.60. The molecule has 0 bridgehead atoms. The quantitative estimate of drug-likeness (QED) is 0.0864. The van der Waals surface area contributed by atoms with E-state index in [0.717, 1.165) is 49.1 Å². The fraction of sp³-hybridized carbons (Fsp3) is 0.630. The van der Waals surface area contributed by atoms with E-state index in [1.165, 1.54) is 41.5 Å². The molecule has 16 N–H and O–H groups in total. The monoisotopic (exact) mass is 1030 g/mol. The molecular weight excluding hydrogens is 937 g/mol. The van der Waals surface area contributed by atoms with Crippen LogP contribution in [0.4, 0.5) is 0 Å². The zero-order chi connectivity index (χ0) is 57.3. The van der Waals surface area contributed by atoms with Crippen molar-refractivity contribution in [2.45, 2.75) is 184 Å². The van der Waals surface area contributed by atoms with E-state index in [-0.39, 0.29) is 82.7 Å². The van der Waals surface area contributed by atoms with Gasteiger partial charge in [0.15, 0.2) is 5.78 Å². The Hall–Kier alpha value is -4.37. The van der Waals surface area contributed by atoms with Crippen LogP contribution >= 0.6 is 11.8 Å². The molecule has 0 radical (unpaired) electrons. The molecule has 1 heterocycles. The van der Waals surface area contributed by atoms with Gasteiger partial charge < -0.3 is 50.6 Å². The highest BCUT2D eigenvalue weighted by Crippen LogP contribution is 2.10. The van der Waals surface area contributed by atoms with Crippen molar-refractivity contribution in [1.29, 1.82) is 0 Å². The van der Waals surface area contributed by atoms with E-state index < -0.39 is 18.1 Å². The third kappa shape index (κ3) is 46.7. The zero-order valence-electron chi connectivity index (χ0n) is 46.4. The number of hydrogen-bond acceptors (Lipinski definition) is 17. The molecule has 3 rings (SSSR count). The van der Waals surface area contributed by atoms with Crippen LogP contribution in [0.1, 0.15) is 146 Å². The summed E-state index contributed by atoms with van der Waals surface area (Å²) in [6, 6.07) is 16.8. The first-order valence-electron chi connectivity index (χ1n) is 24.6. The summed E-state index contributed by atoms with van der Waals surface area (Å²) in [6.07, 6.45) is 7.08. The van der Waals surface area contributed by atoms with E-state index in [4.69, 9.17) is 45.2 Å². The number of carbonyl (C=O) groups excluding carboxylic acids is 7. The standard InChI is InChI=1S/C10H13NO.C9H11NO.2C7H15NO.C6H11NO.C6H13NO.C5H11NO2S.C4H9NO/c1-8(12)10(11)7-9-5-3-2-4-6-9;1-7(11)9(10)8-5-3-2-4-6-8;1-5(2)4-7(8)6(3)9;1-4-5(2)7(8)6(3)9;1-5(8)6-3-2-4-7-6;1-4(2)6(7)5(3)8;1-9-3-2-4(6)5(7)8;1-3(5)4(2)6/h2-6,10H,7,11H2,1H3;2-6,9H,10H2,1H3;2*5,7H,4,8H2,1-3H3;6-7H,2-4H2,1H3;4,6H,7H2,1-3H3;4H,2-3,6H2,1H3,(H,7,8);3H,5H2,1-2H3. The van der Waals surface area contributed by atoms with Gasteiger partial charge >= 0.3 is 5.97 Å². The first-order valence-corrected chi connectivity index (χ1v) is 26.0. The highest BCUT2D eigenvalue weighted by atomic mass is 32.2. The maximum Gasteiger partial charge on any atom is 0.320 e.